The first-order valence-corrected chi connectivity index (χ1v) is 6.93. The molecule has 1 aromatic carbocycles. The van der Waals surface area contributed by atoms with E-state index in [9.17, 15) is 4.79 Å². The molecule has 0 aliphatic rings. The number of hydrogen-bond acceptors (Lipinski definition) is 5. The number of carbonyl (C=O) groups excluding carboxylic acids is 1. The number of methoxy groups -OCH3 is 1. The van der Waals surface area contributed by atoms with E-state index >= 15 is 0 Å². The number of para-hydroxylation sites is 1. The summed E-state index contributed by atoms with van der Waals surface area (Å²) in [4.78, 5) is 20.6. The second kappa shape index (κ2) is 6.89. The van der Waals surface area contributed by atoms with Crippen molar-refractivity contribution in [3.05, 3.63) is 41.7 Å². The number of carbonyl (C=O) groups is 1. The summed E-state index contributed by atoms with van der Waals surface area (Å²) in [6.07, 6.45) is -0.636. The van der Waals surface area contributed by atoms with Gasteiger partial charge in [-0.1, -0.05) is 18.2 Å². The zero-order valence-corrected chi connectivity index (χ0v) is 13.1. The number of aromatic nitrogens is 2. The lowest BCUT2D eigenvalue weighted by atomic mass is 10.2. The summed E-state index contributed by atoms with van der Waals surface area (Å²) in [7, 11) is 1.50. The Kier molecular flexibility index (Phi) is 4.93. The summed E-state index contributed by atoms with van der Waals surface area (Å²) in [5.41, 5.74) is 1.86. The van der Waals surface area contributed by atoms with Crippen molar-refractivity contribution in [1.82, 2.24) is 9.97 Å². The molecule has 0 aliphatic heterocycles. The Labute approximate surface area is 129 Å². The average Bonchev–Trinajstić information content (AvgIpc) is 2.51. The van der Waals surface area contributed by atoms with Crippen molar-refractivity contribution in [3.8, 4) is 11.8 Å². The summed E-state index contributed by atoms with van der Waals surface area (Å²) < 4.78 is 10.6. The van der Waals surface area contributed by atoms with Crippen LogP contribution in [0.15, 0.2) is 30.3 Å². The topological polar surface area (TPSA) is 73.3 Å². The van der Waals surface area contributed by atoms with Gasteiger partial charge in [-0.15, -0.1) is 0 Å². The van der Waals surface area contributed by atoms with Gasteiger partial charge in [-0.3, -0.25) is 4.79 Å². The third kappa shape index (κ3) is 3.72. The zero-order chi connectivity index (χ0) is 16.1. The van der Waals surface area contributed by atoms with Gasteiger partial charge in [0.2, 0.25) is 0 Å². The van der Waals surface area contributed by atoms with Crippen LogP contribution in [0.1, 0.15) is 18.3 Å². The first kappa shape index (κ1) is 15.8. The highest BCUT2D eigenvalue weighted by Gasteiger charge is 2.18. The van der Waals surface area contributed by atoms with E-state index in [4.69, 9.17) is 9.47 Å². The highest BCUT2D eigenvalue weighted by Crippen LogP contribution is 2.20. The van der Waals surface area contributed by atoms with Gasteiger partial charge in [-0.2, -0.15) is 9.97 Å². The lowest BCUT2D eigenvalue weighted by Crippen LogP contribution is -2.31. The molecule has 0 saturated heterocycles. The Hall–Kier alpha value is -2.63. The smallest absolute Gasteiger partial charge is 0.316 e. The van der Waals surface area contributed by atoms with Gasteiger partial charge in [0.05, 0.1) is 24.2 Å². The lowest BCUT2D eigenvalue weighted by Gasteiger charge is -2.16. The third-order valence-corrected chi connectivity index (χ3v) is 3.11. The minimum absolute atomic E-state index is 0.260. The van der Waals surface area contributed by atoms with Crippen LogP contribution in [0, 0.1) is 13.8 Å². The number of ether oxygens (including phenoxy) is 2. The summed E-state index contributed by atoms with van der Waals surface area (Å²) in [6, 6.07) is 9.48. The van der Waals surface area contributed by atoms with Crippen LogP contribution in [-0.4, -0.2) is 29.1 Å². The van der Waals surface area contributed by atoms with Crippen LogP contribution < -0.4 is 14.8 Å². The number of nitrogens with one attached hydrogen (secondary N) is 1. The highest BCUT2D eigenvalue weighted by molar-refractivity contribution is 5.95. The molecule has 0 fully saturated rings. The van der Waals surface area contributed by atoms with Crippen molar-refractivity contribution >= 4 is 11.6 Å². The van der Waals surface area contributed by atoms with E-state index in [1.165, 1.54) is 7.11 Å². The molecule has 6 heteroatoms. The number of nitrogens with zero attached hydrogens (tertiary/aromatic N) is 2. The summed E-state index contributed by atoms with van der Waals surface area (Å²) >= 11 is 0. The van der Waals surface area contributed by atoms with E-state index in [0.717, 1.165) is 0 Å². The first-order chi connectivity index (χ1) is 10.5. The monoisotopic (exact) mass is 301 g/mol. The van der Waals surface area contributed by atoms with Crippen molar-refractivity contribution in [2.45, 2.75) is 26.9 Å². The van der Waals surface area contributed by atoms with E-state index in [-0.39, 0.29) is 11.9 Å². The van der Waals surface area contributed by atoms with Gasteiger partial charge in [0, 0.05) is 0 Å². The van der Waals surface area contributed by atoms with Crippen LogP contribution in [0.2, 0.25) is 0 Å². The molecule has 22 heavy (non-hydrogen) atoms. The van der Waals surface area contributed by atoms with Crippen molar-refractivity contribution < 1.29 is 14.3 Å². The van der Waals surface area contributed by atoms with Crippen LogP contribution in [0.4, 0.5) is 5.69 Å². The molecule has 2 aromatic rings. The fourth-order valence-electron chi connectivity index (χ4n) is 1.94. The van der Waals surface area contributed by atoms with Gasteiger partial charge in [-0.05, 0) is 32.9 Å². The maximum absolute atomic E-state index is 12.3. The normalized spacial score (nSPS) is 11.6. The number of hydrogen-bond donors (Lipinski definition) is 1. The van der Waals surface area contributed by atoms with Crippen LogP contribution in [-0.2, 0) is 4.79 Å². The van der Waals surface area contributed by atoms with Crippen LogP contribution in [0.5, 0.6) is 11.8 Å². The average molecular weight is 301 g/mol. The molecule has 0 saturated carbocycles. The molecule has 1 N–H and O–H groups in total. The predicted molar refractivity (Wildman–Crippen MR) is 83.2 cm³/mol. The molecular formula is C16H19N3O3. The van der Waals surface area contributed by atoms with Crippen LogP contribution in [0.25, 0.3) is 0 Å². The number of benzene rings is 1. The molecule has 1 heterocycles. The SMILES string of the molecule is COc1nc(C)c(NC(=O)C(C)Oc2ccccc2)c(C)n1. The van der Waals surface area contributed by atoms with Gasteiger partial charge in [0.25, 0.3) is 5.91 Å². The van der Waals surface area contributed by atoms with Crippen molar-refractivity contribution in [1.29, 1.82) is 0 Å². The molecule has 6 nitrogen and oxygen atoms in total. The number of amides is 1. The highest BCUT2D eigenvalue weighted by atomic mass is 16.5. The Morgan fingerprint density at radius 2 is 1.73 bits per heavy atom. The molecule has 0 bridgehead atoms. The maximum atomic E-state index is 12.3. The summed E-state index contributed by atoms with van der Waals surface area (Å²) in [5, 5.41) is 2.81. The minimum Gasteiger partial charge on any atom is -0.481 e. The Morgan fingerprint density at radius 1 is 1.14 bits per heavy atom. The predicted octanol–water partition coefficient (Wildman–Crippen LogP) is 2.51. The number of anilines is 1. The minimum atomic E-state index is -0.636. The van der Waals surface area contributed by atoms with E-state index in [0.29, 0.717) is 22.8 Å². The van der Waals surface area contributed by atoms with Gasteiger partial charge in [-0.25, -0.2) is 0 Å². The largest absolute Gasteiger partial charge is 0.481 e. The summed E-state index contributed by atoms with van der Waals surface area (Å²) in [6.45, 7) is 5.27. The molecule has 1 aromatic heterocycles. The molecule has 2 rings (SSSR count). The second-order valence-corrected chi connectivity index (χ2v) is 4.82. The quantitative estimate of drug-likeness (QED) is 0.918. The van der Waals surface area contributed by atoms with Crippen molar-refractivity contribution in [2.24, 2.45) is 0 Å². The molecule has 0 spiro atoms. The molecule has 1 atom stereocenters. The Bertz CT molecular complexity index is 636. The van der Waals surface area contributed by atoms with Crippen LogP contribution >= 0.6 is 0 Å². The zero-order valence-electron chi connectivity index (χ0n) is 13.1. The molecular weight excluding hydrogens is 282 g/mol. The van der Waals surface area contributed by atoms with E-state index in [2.05, 4.69) is 15.3 Å². The van der Waals surface area contributed by atoms with Gasteiger partial charge in [0.15, 0.2) is 6.10 Å². The lowest BCUT2D eigenvalue weighted by molar-refractivity contribution is -0.122. The van der Waals surface area contributed by atoms with E-state index in [1.54, 1.807) is 32.9 Å². The second-order valence-electron chi connectivity index (χ2n) is 4.82. The number of aryl methyl sites for hydroxylation is 2. The van der Waals surface area contributed by atoms with Gasteiger partial charge >= 0.3 is 6.01 Å². The standard InChI is InChI=1S/C16H19N3O3/c1-10-14(11(2)18-16(17-10)21-4)19-15(20)12(3)22-13-8-6-5-7-9-13/h5-9,12H,1-4H3,(H,19,20). The van der Waals surface area contributed by atoms with Crippen molar-refractivity contribution in [3.63, 3.8) is 0 Å². The molecule has 0 aliphatic carbocycles. The molecule has 1 unspecified atom stereocenters. The molecule has 116 valence electrons. The molecule has 1 amide bonds. The van der Waals surface area contributed by atoms with Gasteiger partial charge in [0.1, 0.15) is 5.75 Å². The first-order valence-electron chi connectivity index (χ1n) is 6.93. The maximum Gasteiger partial charge on any atom is 0.316 e. The van der Waals surface area contributed by atoms with Gasteiger partial charge < -0.3 is 14.8 Å². The molecule has 0 radical (unpaired) electrons. The number of rotatable bonds is 5. The fourth-order valence-corrected chi connectivity index (χ4v) is 1.94. The third-order valence-electron chi connectivity index (χ3n) is 3.11. The fraction of sp³-hybridized carbons (Fsp3) is 0.312. The van der Waals surface area contributed by atoms with E-state index in [1.807, 2.05) is 18.2 Å². The van der Waals surface area contributed by atoms with E-state index < -0.39 is 6.10 Å². The summed E-state index contributed by atoms with van der Waals surface area (Å²) in [5.74, 6) is 0.383. The Balaban J connectivity index is 2.08. The van der Waals surface area contributed by atoms with Crippen LogP contribution in [0.3, 0.4) is 0 Å². The van der Waals surface area contributed by atoms with Crippen molar-refractivity contribution in [2.75, 3.05) is 12.4 Å². The Morgan fingerprint density at radius 3 is 2.27 bits per heavy atom.